The van der Waals surface area contributed by atoms with E-state index < -0.39 is 34.9 Å². The summed E-state index contributed by atoms with van der Waals surface area (Å²) < 4.78 is 39.4. The Hall–Kier alpha value is -2.55. The van der Waals surface area contributed by atoms with Crippen LogP contribution < -0.4 is 5.32 Å². The molecule has 1 amide bonds. The van der Waals surface area contributed by atoms with Crippen LogP contribution in [0.3, 0.4) is 0 Å². The number of thioether (sulfide) groups is 1. The molecule has 0 fully saturated rings. The minimum absolute atomic E-state index is 0.168. The summed E-state index contributed by atoms with van der Waals surface area (Å²) in [6.45, 7) is 0. The Kier molecular flexibility index (Phi) is 5.22. The number of halogens is 3. The monoisotopic (exact) mass is 342 g/mol. The molecule has 1 aromatic heterocycles. The van der Waals surface area contributed by atoms with Gasteiger partial charge in [-0.2, -0.15) is 0 Å². The van der Waals surface area contributed by atoms with E-state index in [1.165, 1.54) is 18.3 Å². The summed E-state index contributed by atoms with van der Waals surface area (Å²) in [4.78, 5) is 26.2. The Morgan fingerprint density at radius 3 is 2.48 bits per heavy atom. The van der Waals surface area contributed by atoms with Crippen molar-refractivity contribution < 1.29 is 27.9 Å². The second-order valence-electron chi connectivity index (χ2n) is 4.24. The topological polar surface area (TPSA) is 79.3 Å². The number of carboxylic acids is 1. The number of hydrogen-bond donors (Lipinski definition) is 2. The smallest absolute Gasteiger partial charge is 0.313 e. The molecule has 0 spiro atoms. The van der Waals surface area contributed by atoms with Gasteiger partial charge in [-0.25, -0.2) is 18.2 Å². The molecule has 0 saturated carbocycles. The predicted molar refractivity (Wildman–Crippen MR) is 76.9 cm³/mol. The molecule has 0 aliphatic carbocycles. The summed E-state index contributed by atoms with van der Waals surface area (Å²) in [5, 5.41) is 11.2. The molecule has 2 rings (SSSR count). The number of hydrogen-bond acceptors (Lipinski definition) is 4. The van der Waals surface area contributed by atoms with E-state index in [2.05, 4.69) is 10.3 Å². The SMILES string of the molecule is O=C(O)CSc1ccc(NC(=O)c2ccc(F)c(F)c2F)cn1. The zero-order valence-electron chi connectivity index (χ0n) is 11.3. The Morgan fingerprint density at radius 1 is 1.13 bits per heavy atom. The second-order valence-corrected chi connectivity index (χ2v) is 5.24. The van der Waals surface area contributed by atoms with Crippen LogP contribution in [-0.4, -0.2) is 27.7 Å². The number of aromatic nitrogens is 1. The molecule has 0 saturated heterocycles. The average molecular weight is 342 g/mol. The predicted octanol–water partition coefficient (Wildman–Crippen LogP) is 2.93. The number of benzene rings is 1. The number of aliphatic carboxylic acids is 1. The molecule has 1 aromatic carbocycles. The van der Waals surface area contributed by atoms with Crippen LogP contribution in [0, 0.1) is 17.5 Å². The first-order chi connectivity index (χ1) is 10.9. The lowest BCUT2D eigenvalue weighted by atomic mass is 10.2. The molecule has 2 aromatic rings. The maximum atomic E-state index is 13.5. The minimum atomic E-state index is -1.73. The number of nitrogens with zero attached hydrogens (tertiary/aromatic N) is 1. The summed E-state index contributed by atoms with van der Waals surface area (Å²) in [7, 11) is 0. The van der Waals surface area contributed by atoms with E-state index in [1.807, 2.05) is 0 Å². The average Bonchev–Trinajstić information content (AvgIpc) is 2.52. The highest BCUT2D eigenvalue weighted by molar-refractivity contribution is 7.99. The molecule has 1 heterocycles. The highest BCUT2D eigenvalue weighted by Crippen LogP contribution is 2.19. The number of nitrogens with one attached hydrogen (secondary N) is 1. The van der Waals surface area contributed by atoms with Crippen molar-refractivity contribution in [2.75, 3.05) is 11.1 Å². The third kappa shape index (κ3) is 4.22. The second kappa shape index (κ2) is 7.14. The summed E-state index contributed by atoms with van der Waals surface area (Å²) in [6, 6.07) is 4.36. The van der Waals surface area contributed by atoms with E-state index in [0.29, 0.717) is 11.1 Å². The van der Waals surface area contributed by atoms with Crippen LogP contribution in [0.15, 0.2) is 35.5 Å². The van der Waals surface area contributed by atoms with Gasteiger partial charge in [-0.15, -0.1) is 0 Å². The molecule has 5 nitrogen and oxygen atoms in total. The third-order valence-electron chi connectivity index (χ3n) is 2.62. The van der Waals surface area contributed by atoms with Crippen molar-refractivity contribution in [3.05, 3.63) is 53.5 Å². The highest BCUT2D eigenvalue weighted by atomic mass is 32.2. The van der Waals surface area contributed by atoms with Gasteiger partial charge in [0.2, 0.25) is 0 Å². The first-order valence-electron chi connectivity index (χ1n) is 6.14. The lowest BCUT2D eigenvalue weighted by Crippen LogP contribution is -2.15. The molecule has 2 N–H and O–H groups in total. The van der Waals surface area contributed by atoms with Gasteiger partial charge >= 0.3 is 5.97 Å². The number of carbonyl (C=O) groups is 2. The highest BCUT2D eigenvalue weighted by Gasteiger charge is 2.18. The summed E-state index contributed by atoms with van der Waals surface area (Å²) in [5.41, 5.74) is -0.452. The van der Waals surface area contributed by atoms with Crippen LogP contribution >= 0.6 is 11.8 Å². The van der Waals surface area contributed by atoms with Gasteiger partial charge in [0, 0.05) is 0 Å². The molecule has 120 valence electrons. The van der Waals surface area contributed by atoms with Crippen molar-refractivity contribution in [2.45, 2.75) is 5.03 Å². The van der Waals surface area contributed by atoms with Gasteiger partial charge in [-0.1, -0.05) is 11.8 Å². The fraction of sp³-hybridized carbons (Fsp3) is 0.0714. The molecule has 0 radical (unpaired) electrons. The minimum Gasteiger partial charge on any atom is -0.481 e. The van der Waals surface area contributed by atoms with Crippen LogP contribution in [0.1, 0.15) is 10.4 Å². The van der Waals surface area contributed by atoms with E-state index >= 15 is 0 Å². The number of carbonyl (C=O) groups excluding carboxylic acids is 1. The molecule has 0 unspecified atom stereocenters. The quantitative estimate of drug-likeness (QED) is 0.645. The molecule has 23 heavy (non-hydrogen) atoms. The fourth-order valence-electron chi connectivity index (χ4n) is 1.57. The van der Waals surface area contributed by atoms with Crippen molar-refractivity contribution in [3.63, 3.8) is 0 Å². The fourth-order valence-corrected chi connectivity index (χ4v) is 2.14. The first-order valence-corrected chi connectivity index (χ1v) is 7.12. The van der Waals surface area contributed by atoms with E-state index in [4.69, 9.17) is 5.11 Å². The van der Waals surface area contributed by atoms with Gasteiger partial charge in [0.1, 0.15) is 0 Å². The van der Waals surface area contributed by atoms with Gasteiger partial charge in [-0.05, 0) is 24.3 Å². The van der Waals surface area contributed by atoms with Crippen LogP contribution in [0.4, 0.5) is 18.9 Å². The molecule has 0 aliphatic heterocycles. The van der Waals surface area contributed by atoms with E-state index in [9.17, 15) is 22.8 Å². The van der Waals surface area contributed by atoms with Gasteiger partial charge in [0.05, 0.1) is 28.2 Å². The summed E-state index contributed by atoms with van der Waals surface area (Å²) in [5.74, 6) is -6.82. The maximum Gasteiger partial charge on any atom is 0.313 e. The normalized spacial score (nSPS) is 10.4. The Morgan fingerprint density at radius 2 is 1.87 bits per heavy atom. The third-order valence-corrected chi connectivity index (χ3v) is 3.55. The number of pyridine rings is 1. The molecule has 9 heteroatoms. The number of anilines is 1. The number of carboxylic acid groups (broad SMARTS) is 1. The lowest BCUT2D eigenvalue weighted by Gasteiger charge is -2.07. The van der Waals surface area contributed by atoms with Crippen molar-refractivity contribution in [2.24, 2.45) is 0 Å². The van der Waals surface area contributed by atoms with Crippen molar-refractivity contribution in [3.8, 4) is 0 Å². The standard InChI is InChI=1S/C14H9F3N2O3S/c15-9-3-2-8(12(16)13(9)17)14(22)19-7-1-4-10(18-5-7)23-6-11(20)21/h1-5H,6H2,(H,19,22)(H,20,21). The van der Waals surface area contributed by atoms with Crippen molar-refractivity contribution in [1.82, 2.24) is 4.98 Å². The summed E-state index contributed by atoms with van der Waals surface area (Å²) >= 11 is 0.984. The molecule has 0 bridgehead atoms. The van der Waals surface area contributed by atoms with E-state index in [-0.39, 0.29) is 11.4 Å². The lowest BCUT2D eigenvalue weighted by molar-refractivity contribution is -0.133. The largest absolute Gasteiger partial charge is 0.481 e. The first kappa shape index (κ1) is 16.8. The van der Waals surface area contributed by atoms with Crippen molar-refractivity contribution in [1.29, 1.82) is 0 Å². The van der Waals surface area contributed by atoms with Gasteiger partial charge in [-0.3, -0.25) is 9.59 Å². The Labute approximate surface area is 132 Å². The Balaban J connectivity index is 2.09. The molecular weight excluding hydrogens is 333 g/mol. The van der Waals surface area contributed by atoms with E-state index in [0.717, 1.165) is 17.8 Å². The van der Waals surface area contributed by atoms with Crippen LogP contribution in [0.25, 0.3) is 0 Å². The Bertz CT molecular complexity index is 754. The van der Waals surface area contributed by atoms with Crippen LogP contribution in [-0.2, 0) is 4.79 Å². The molecule has 0 aliphatic rings. The summed E-state index contributed by atoms with van der Waals surface area (Å²) in [6.07, 6.45) is 1.24. The van der Waals surface area contributed by atoms with E-state index in [1.54, 1.807) is 0 Å². The van der Waals surface area contributed by atoms with Gasteiger partial charge in [0.15, 0.2) is 17.5 Å². The zero-order valence-corrected chi connectivity index (χ0v) is 12.2. The van der Waals surface area contributed by atoms with Crippen LogP contribution in [0.5, 0.6) is 0 Å². The van der Waals surface area contributed by atoms with Crippen LogP contribution in [0.2, 0.25) is 0 Å². The number of rotatable bonds is 5. The maximum absolute atomic E-state index is 13.5. The van der Waals surface area contributed by atoms with Crippen molar-refractivity contribution >= 4 is 29.3 Å². The number of amides is 1. The zero-order chi connectivity index (χ0) is 17.0. The van der Waals surface area contributed by atoms with Gasteiger partial charge in [0.25, 0.3) is 5.91 Å². The molecular formula is C14H9F3N2O3S. The van der Waals surface area contributed by atoms with Gasteiger partial charge < -0.3 is 10.4 Å². The molecule has 0 atom stereocenters.